The van der Waals surface area contributed by atoms with E-state index in [0.717, 1.165) is 22.2 Å². The van der Waals surface area contributed by atoms with E-state index in [4.69, 9.17) is 10.5 Å². The molecule has 0 radical (unpaired) electrons. The van der Waals surface area contributed by atoms with Crippen molar-refractivity contribution >= 4 is 16.9 Å². The van der Waals surface area contributed by atoms with E-state index in [1.807, 2.05) is 36.5 Å². The van der Waals surface area contributed by atoms with Crippen molar-refractivity contribution in [3.8, 4) is 11.8 Å². The van der Waals surface area contributed by atoms with Crippen LogP contribution >= 0.6 is 0 Å². The number of anilines is 1. The van der Waals surface area contributed by atoms with Gasteiger partial charge in [0.25, 0.3) is 0 Å². The highest BCUT2D eigenvalue weighted by atomic mass is 16.5. The lowest BCUT2D eigenvalue weighted by atomic mass is 9.78. The standard InChI is InChI=1S/C22H24N4O/c1-14-15(2)27-21(22(14,3)4)26-12-17(11-10-16-8-6-5-7-9-16)18-19(23)24-13-25-20(18)26/h5-9,12-15,21H,1-4H3,(H2,23,24,25)/t14?,15?,21-/m1/s1. The van der Waals surface area contributed by atoms with Crippen LogP contribution in [-0.2, 0) is 4.74 Å². The fraction of sp³-hybridized carbons (Fsp3) is 0.364. The fourth-order valence-corrected chi connectivity index (χ4v) is 3.79. The smallest absolute Gasteiger partial charge is 0.148 e. The molecule has 1 fully saturated rings. The first kappa shape index (κ1) is 17.6. The predicted octanol–water partition coefficient (Wildman–Crippen LogP) is 3.99. The Morgan fingerprint density at radius 1 is 1.11 bits per heavy atom. The maximum atomic E-state index is 6.31. The first-order valence-corrected chi connectivity index (χ1v) is 9.23. The molecule has 1 saturated heterocycles. The van der Waals surface area contributed by atoms with Gasteiger partial charge in [-0.05, 0) is 25.0 Å². The molecule has 3 aromatic rings. The van der Waals surface area contributed by atoms with E-state index in [-0.39, 0.29) is 17.7 Å². The Morgan fingerprint density at radius 2 is 1.85 bits per heavy atom. The predicted molar refractivity (Wildman–Crippen MR) is 107 cm³/mol. The van der Waals surface area contributed by atoms with E-state index in [2.05, 4.69) is 54.1 Å². The summed E-state index contributed by atoms with van der Waals surface area (Å²) in [5.74, 6) is 7.31. The molecular weight excluding hydrogens is 336 g/mol. The SMILES string of the molecule is CC1O[C@@H](n2cc(C#Cc3ccccc3)c3c(N)ncnc32)C(C)(C)C1C. The van der Waals surface area contributed by atoms with Gasteiger partial charge in [-0.15, -0.1) is 0 Å². The van der Waals surface area contributed by atoms with E-state index < -0.39 is 0 Å². The second kappa shape index (κ2) is 6.40. The summed E-state index contributed by atoms with van der Waals surface area (Å²) in [5, 5.41) is 0.785. The number of rotatable bonds is 1. The van der Waals surface area contributed by atoms with Crippen LogP contribution < -0.4 is 5.73 Å². The first-order valence-electron chi connectivity index (χ1n) is 9.23. The zero-order valence-corrected chi connectivity index (χ0v) is 16.1. The van der Waals surface area contributed by atoms with Gasteiger partial charge in [-0.25, -0.2) is 9.97 Å². The first-order chi connectivity index (χ1) is 12.9. The van der Waals surface area contributed by atoms with Gasteiger partial charge in [-0.2, -0.15) is 0 Å². The lowest BCUT2D eigenvalue weighted by Crippen LogP contribution is -2.27. The minimum Gasteiger partial charge on any atom is -0.383 e. The van der Waals surface area contributed by atoms with Gasteiger partial charge in [0, 0.05) is 17.2 Å². The second-order valence-electron chi connectivity index (χ2n) is 7.83. The number of ether oxygens (including phenoxy) is 1. The molecule has 0 spiro atoms. The summed E-state index contributed by atoms with van der Waals surface area (Å²) in [4.78, 5) is 8.68. The van der Waals surface area contributed by atoms with Crippen LogP contribution in [0.5, 0.6) is 0 Å². The maximum absolute atomic E-state index is 6.31. The fourth-order valence-electron chi connectivity index (χ4n) is 3.79. The third-order valence-corrected chi connectivity index (χ3v) is 5.86. The number of nitrogens with two attached hydrogens (primary N) is 1. The molecule has 1 aliphatic rings. The Morgan fingerprint density at radius 3 is 2.52 bits per heavy atom. The van der Waals surface area contributed by atoms with Gasteiger partial charge >= 0.3 is 0 Å². The summed E-state index contributed by atoms with van der Waals surface area (Å²) in [6, 6.07) is 9.90. The van der Waals surface area contributed by atoms with Crippen LogP contribution in [0.2, 0.25) is 0 Å². The van der Waals surface area contributed by atoms with Crippen molar-refractivity contribution in [2.45, 2.75) is 40.0 Å². The number of hydrogen-bond acceptors (Lipinski definition) is 4. The number of hydrogen-bond donors (Lipinski definition) is 1. The molecule has 0 bridgehead atoms. The molecule has 1 aliphatic heterocycles. The van der Waals surface area contributed by atoms with Gasteiger partial charge in [0.2, 0.25) is 0 Å². The van der Waals surface area contributed by atoms with Crippen molar-refractivity contribution < 1.29 is 4.74 Å². The number of aromatic nitrogens is 3. The Bertz CT molecular complexity index is 1040. The normalized spacial score (nSPS) is 23.9. The number of benzene rings is 1. The Balaban J connectivity index is 1.87. The van der Waals surface area contributed by atoms with Crippen molar-refractivity contribution in [1.29, 1.82) is 0 Å². The highest BCUT2D eigenvalue weighted by Gasteiger charge is 2.47. The minimum absolute atomic E-state index is 0.0464. The van der Waals surface area contributed by atoms with Gasteiger partial charge in [0.15, 0.2) is 0 Å². The summed E-state index contributed by atoms with van der Waals surface area (Å²) in [5.41, 5.74) is 8.67. The molecule has 2 unspecified atom stereocenters. The molecule has 0 aliphatic carbocycles. The third-order valence-electron chi connectivity index (χ3n) is 5.86. The van der Waals surface area contributed by atoms with Gasteiger partial charge < -0.3 is 15.0 Å². The van der Waals surface area contributed by atoms with Gasteiger partial charge in [-0.3, -0.25) is 0 Å². The molecule has 27 heavy (non-hydrogen) atoms. The maximum Gasteiger partial charge on any atom is 0.148 e. The quantitative estimate of drug-likeness (QED) is 0.666. The molecular formula is C22H24N4O. The molecule has 138 valence electrons. The highest BCUT2D eigenvalue weighted by Crippen LogP contribution is 2.49. The zero-order valence-electron chi connectivity index (χ0n) is 16.1. The number of fused-ring (bicyclic) bond motifs is 1. The van der Waals surface area contributed by atoms with Crippen molar-refractivity contribution in [3.63, 3.8) is 0 Å². The Kier molecular flexibility index (Phi) is 4.16. The Labute approximate surface area is 159 Å². The second-order valence-corrected chi connectivity index (χ2v) is 7.83. The topological polar surface area (TPSA) is 66.0 Å². The van der Waals surface area contributed by atoms with Crippen molar-refractivity contribution in [2.75, 3.05) is 5.73 Å². The van der Waals surface area contributed by atoms with Crippen LogP contribution in [0.4, 0.5) is 5.82 Å². The van der Waals surface area contributed by atoms with E-state index in [9.17, 15) is 0 Å². The van der Waals surface area contributed by atoms with E-state index in [0.29, 0.717) is 11.7 Å². The zero-order chi connectivity index (χ0) is 19.2. The van der Waals surface area contributed by atoms with Crippen molar-refractivity contribution in [2.24, 2.45) is 11.3 Å². The van der Waals surface area contributed by atoms with Crippen LogP contribution in [0.25, 0.3) is 11.0 Å². The lowest BCUT2D eigenvalue weighted by molar-refractivity contribution is -0.0221. The molecule has 3 atom stereocenters. The lowest BCUT2D eigenvalue weighted by Gasteiger charge is -2.30. The van der Waals surface area contributed by atoms with Crippen LogP contribution in [0.15, 0.2) is 42.9 Å². The van der Waals surface area contributed by atoms with Crippen LogP contribution in [0.3, 0.4) is 0 Å². The Hall–Kier alpha value is -2.84. The highest BCUT2D eigenvalue weighted by molar-refractivity contribution is 5.92. The van der Waals surface area contributed by atoms with Crippen LogP contribution in [0, 0.1) is 23.2 Å². The summed E-state index contributed by atoms with van der Waals surface area (Å²) >= 11 is 0. The van der Waals surface area contributed by atoms with Crippen LogP contribution in [0.1, 0.15) is 45.0 Å². The summed E-state index contributed by atoms with van der Waals surface area (Å²) in [7, 11) is 0. The summed E-state index contributed by atoms with van der Waals surface area (Å²) in [6.45, 7) is 8.82. The van der Waals surface area contributed by atoms with Gasteiger partial charge in [0.1, 0.15) is 24.0 Å². The average molecular weight is 360 g/mol. The molecule has 2 N–H and O–H groups in total. The number of nitrogens with zero attached hydrogens (tertiary/aromatic N) is 3. The molecule has 3 heterocycles. The monoisotopic (exact) mass is 360 g/mol. The third kappa shape index (κ3) is 2.87. The molecule has 5 heteroatoms. The number of nitrogen functional groups attached to an aromatic ring is 1. The van der Waals surface area contributed by atoms with E-state index >= 15 is 0 Å². The molecule has 4 rings (SSSR count). The molecule has 0 saturated carbocycles. The summed E-state index contributed by atoms with van der Waals surface area (Å²) < 4.78 is 8.38. The largest absolute Gasteiger partial charge is 0.383 e. The average Bonchev–Trinajstić information content (AvgIpc) is 3.12. The van der Waals surface area contributed by atoms with Gasteiger partial charge in [-0.1, -0.05) is 50.8 Å². The van der Waals surface area contributed by atoms with Crippen molar-refractivity contribution in [1.82, 2.24) is 14.5 Å². The van der Waals surface area contributed by atoms with E-state index in [1.165, 1.54) is 6.33 Å². The van der Waals surface area contributed by atoms with Crippen LogP contribution in [-0.4, -0.2) is 20.6 Å². The van der Waals surface area contributed by atoms with E-state index in [1.54, 1.807) is 0 Å². The molecule has 0 amide bonds. The molecule has 5 nitrogen and oxygen atoms in total. The van der Waals surface area contributed by atoms with Crippen molar-refractivity contribution in [3.05, 3.63) is 54.0 Å². The molecule has 2 aromatic heterocycles. The van der Waals surface area contributed by atoms with Gasteiger partial charge in [0.05, 0.1) is 17.1 Å². The summed E-state index contributed by atoms with van der Waals surface area (Å²) in [6.07, 6.45) is 3.53. The minimum atomic E-state index is -0.133. The molecule has 1 aromatic carbocycles.